The second kappa shape index (κ2) is 18.7. The molecule has 0 radical (unpaired) electrons. The number of benzene rings is 4. The van der Waals surface area contributed by atoms with E-state index in [1.807, 2.05) is 24.9 Å². The number of aliphatic hydroxyl groups is 1. The number of alkyl carbamates (subject to hydrolysis) is 2. The molecule has 63 heavy (non-hydrogen) atoms. The molecule has 0 aliphatic carbocycles. The number of imidazole rings is 2. The number of aliphatic hydroxyl groups excluding tert-OH is 1. The third-order valence-electron chi connectivity index (χ3n) is 12.3. The van der Waals surface area contributed by atoms with Gasteiger partial charge in [-0.1, -0.05) is 74.5 Å². The summed E-state index contributed by atoms with van der Waals surface area (Å²) in [6.45, 7) is 5.14. The number of hydrogen-bond donors (Lipinski definition) is 5. The smallest absolute Gasteiger partial charge is 0.407 e. The van der Waals surface area contributed by atoms with Crippen LogP contribution >= 0.6 is 0 Å². The maximum Gasteiger partial charge on any atom is 0.407 e. The number of carbonyl (C=O) groups is 3. The zero-order valence-electron chi connectivity index (χ0n) is 36.1. The van der Waals surface area contributed by atoms with Gasteiger partial charge in [-0.25, -0.2) is 19.6 Å². The van der Waals surface area contributed by atoms with E-state index in [1.54, 1.807) is 42.5 Å². The largest absolute Gasteiger partial charge is 0.497 e. The van der Waals surface area contributed by atoms with Crippen molar-refractivity contribution in [2.45, 2.75) is 69.9 Å². The third kappa shape index (κ3) is 9.11. The Kier molecular flexibility index (Phi) is 12.8. The summed E-state index contributed by atoms with van der Waals surface area (Å²) in [6.07, 6.45) is 4.75. The van der Waals surface area contributed by atoms with Gasteiger partial charge in [-0.3, -0.25) is 9.69 Å². The van der Waals surface area contributed by atoms with Crippen LogP contribution in [-0.2, 0) is 14.3 Å². The van der Waals surface area contributed by atoms with Crippen LogP contribution in [-0.4, -0.2) is 99.6 Å². The monoisotopic (exact) mass is 854 g/mol. The first-order valence-electron chi connectivity index (χ1n) is 21.4. The lowest BCUT2D eigenvalue weighted by molar-refractivity contribution is -0.134. The number of methoxy groups -OCH3 is 3. The van der Waals surface area contributed by atoms with Gasteiger partial charge < -0.3 is 44.8 Å². The van der Waals surface area contributed by atoms with Crippen LogP contribution < -0.4 is 15.4 Å². The van der Waals surface area contributed by atoms with Gasteiger partial charge in [-0.2, -0.15) is 0 Å². The summed E-state index contributed by atoms with van der Waals surface area (Å²) >= 11 is 0. The summed E-state index contributed by atoms with van der Waals surface area (Å²) in [4.78, 5) is 58.7. The lowest BCUT2D eigenvalue weighted by atomic mass is 9.98. The number of fused-ring (bicyclic) bond motifs is 1. The zero-order chi connectivity index (χ0) is 44.2. The van der Waals surface area contributed by atoms with Crippen LogP contribution in [0.2, 0.25) is 0 Å². The standard InChI is InChI=1S/C48H54N8O7/c1-28(2)41(53-47(59)62-4)45(57)55-21-7-11-39(55)44-50-27-38(52-44)34-20-19-32-23-31(17-18-33(32)24-34)29-13-15-30(16-14-29)37-26-49-43(51-37)40-12-8-22-56(40)46(58)42(54-48(60)63-5)35-9-6-10-36(25-35)61-3/h6,9-10,13-20,23-28,39-42,45,57H,7-8,11-12,21-22H2,1-5H3,(H,49,51)(H,50,52)(H,53,59)(H,54,60)/t39-,40?,41-,42+,45?/m0/s1. The molecular weight excluding hydrogens is 801 g/mol. The van der Waals surface area contributed by atoms with Crippen LogP contribution in [0.5, 0.6) is 5.75 Å². The van der Waals surface area contributed by atoms with E-state index in [9.17, 15) is 19.5 Å². The number of ether oxygens (including phenoxy) is 3. The van der Waals surface area contributed by atoms with Crippen molar-refractivity contribution in [2.75, 3.05) is 34.4 Å². The Morgan fingerprint density at radius 2 is 1.30 bits per heavy atom. The molecular formula is C48H54N8O7. The molecule has 5 atom stereocenters. The molecule has 2 aromatic heterocycles. The highest BCUT2D eigenvalue weighted by Crippen LogP contribution is 2.37. The van der Waals surface area contributed by atoms with Crippen molar-refractivity contribution in [1.29, 1.82) is 0 Å². The molecule has 8 rings (SSSR count). The maximum atomic E-state index is 14.1. The molecule has 0 bridgehead atoms. The van der Waals surface area contributed by atoms with Crippen molar-refractivity contribution in [2.24, 2.45) is 5.92 Å². The van der Waals surface area contributed by atoms with Crippen LogP contribution in [0.25, 0.3) is 44.4 Å². The van der Waals surface area contributed by atoms with Gasteiger partial charge in [0.25, 0.3) is 5.91 Å². The number of carbonyl (C=O) groups excluding carboxylic acids is 3. The van der Waals surface area contributed by atoms with E-state index in [0.717, 1.165) is 75.9 Å². The summed E-state index contributed by atoms with van der Waals surface area (Å²) in [5, 5.41) is 19.1. The molecule has 3 amide bonds. The number of likely N-dealkylation sites (tertiary alicyclic amines) is 2. The van der Waals surface area contributed by atoms with E-state index in [2.05, 4.69) is 81.3 Å². The van der Waals surface area contributed by atoms with Gasteiger partial charge in [0.15, 0.2) is 0 Å². The fraction of sp³-hybridized carbons (Fsp3) is 0.354. The molecule has 4 aromatic carbocycles. The zero-order valence-corrected chi connectivity index (χ0v) is 36.1. The Balaban J connectivity index is 0.943. The molecule has 15 nitrogen and oxygen atoms in total. The van der Waals surface area contributed by atoms with Gasteiger partial charge in [0.1, 0.15) is 29.7 Å². The number of aromatic nitrogens is 4. The minimum absolute atomic E-state index is 0.0114. The molecule has 4 heterocycles. The normalized spacial score (nSPS) is 18.0. The number of hydrogen-bond acceptors (Lipinski definition) is 10. The Hall–Kier alpha value is -6.71. The summed E-state index contributed by atoms with van der Waals surface area (Å²) in [5.74, 6) is 1.78. The molecule has 15 heteroatoms. The van der Waals surface area contributed by atoms with Crippen LogP contribution in [0, 0.1) is 5.92 Å². The SMILES string of the molecule is COC(=O)N[C@@H](C(C)C)C(O)N1CCC[C@H]1c1ncc(-c2ccc3cc(-c4ccc(-c5cnc(C6CCCN6C(=O)[C@H](NC(=O)OC)c6cccc(OC)c6)[nH]5)cc4)ccc3c2)[nH]1. The summed E-state index contributed by atoms with van der Waals surface area (Å²) in [7, 11) is 4.15. The number of nitrogens with zero attached hydrogens (tertiary/aromatic N) is 4. The number of amides is 3. The predicted octanol–water partition coefficient (Wildman–Crippen LogP) is 7.89. The first-order valence-corrected chi connectivity index (χ1v) is 21.4. The Morgan fingerprint density at radius 3 is 1.98 bits per heavy atom. The second-order valence-electron chi connectivity index (χ2n) is 16.5. The average molecular weight is 855 g/mol. The fourth-order valence-electron chi connectivity index (χ4n) is 8.89. The molecule has 6 aromatic rings. The lowest BCUT2D eigenvalue weighted by Crippen LogP contribution is -2.54. The van der Waals surface area contributed by atoms with Gasteiger partial charge in [-0.15, -0.1) is 0 Å². The molecule has 2 aliphatic heterocycles. The van der Waals surface area contributed by atoms with Crippen molar-refractivity contribution in [3.05, 3.63) is 115 Å². The minimum atomic E-state index is -0.962. The van der Waals surface area contributed by atoms with Crippen LogP contribution in [0.3, 0.4) is 0 Å². The van der Waals surface area contributed by atoms with Gasteiger partial charge in [0.05, 0.1) is 63.2 Å². The first kappa shape index (κ1) is 43.0. The molecule has 2 aliphatic rings. The summed E-state index contributed by atoms with van der Waals surface area (Å²) in [6, 6.07) is 26.3. The molecule has 2 unspecified atom stereocenters. The van der Waals surface area contributed by atoms with Gasteiger partial charge in [0.2, 0.25) is 0 Å². The topological polar surface area (TPSA) is 187 Å². The molecule has 0 saturated carbocycles. The van der Waals surface area contributed by atoms with Crippen molar-refractivity contribution in [1.82, 2.24) is 40.4 Å². The lowest BCUT2D eigenvalue weighted by Gasteiger charge is -2.35. The average Bonchev–Trinajstić information content (AvgIpc) is 4.16. The number of aromatic amines is 2. The van der Waals surface area contributed by atoms with Crippen LogP contribution in [0.1, 0.15) is 74.9 Å². The highest BCUT2D eigenvalue weighted by molar-refractivity contribution is 5.91. The van der Waals surface area contributed by atoms with Gasteiger partial charge in [0, 0.05) is 18.7 Å². The first-order chi connectivity index (χ1) is 30.5. The van der Waals surface area contributed by atoms with Crippen LogP contribution in [0.4, 0.5) is 9.59 Å². The van der Waals surface area contributed by atoms with E-state index in [-0.39, 0.29) is 23.9 Å². The second-order valence-corrected chi connectivity index (χ2v) is 16.5. The number of nitrogens with one attached hydrogen (secondary N) is 4. The molecule has 2 fully saturated rings. The maximum absolute atomic E-state index is 14.1. The van der Waals surface area contributed by atoms with Crippen molar-refractivity contribution >= 4 is 28.9 Å². The third-order valence-corrected chi connectivity index (χ3v) is 12.3. The van der Waals surface area contributed by atoms with Gasteiger partial charge in [-0.05, 0) is 88.9 Å². The highest BCUT2D eigenvalue weighted by Gasteiger charge is 2.39. The number of H-pyrrole nitrogens is 2. The van der Waals surface area contributed by atoms with E-state index in [1.165, 1.54) is 14.2 Å². The highest BCUT2D eigenvalue weighted by atomic mass is 16.5. The van der Waals surface area contributed by atoms with E-state index >= 15 is 0 Å². The summed E-state index contributed by atoms with van der Waals surface area (Å²) in [5.41, 5.74) is 6.46. The predicted molar refractivity (Wildman–Crippen MR) is 238 cm³/mol. The minimum Gasteiger partial charge on any atom is -0.497 e. The Labute approximate surface area is 366 Å². The van der Waals surface area contributed by atoms with E-state index in [0.29, 0.717) is 30.2 Å². The van der Waals surface area contributed by atoms with Gasteiger partial charge >= 0.3 is 12.2 Å². The Morgan fingerprint density at radius 1 is 0.714 bits per heavy atom. The molecule has 328 valence electrons. The molecule has 0 spiro atoms. The fourth-order valence-corrected chi connectivity index (χ4v) is 8.89. The molecule has 2 saturated heterocycles. The van der Waals surface area contributed by atoms with Crippen LogP contribution in [0.15, 0.2) is 97.3 Å². The van der Waals surface area contributed by atoms with E-state index < -0.39 is 30.5 Å². The van der Waals surface area contributed by atoms with Crippen molar-refractivity contribution < 1.29 is 33.7 Å². The Bertz CT molecular complexity index is 2570. The van der Waals surface area contributed by atoms with Crippen molar-refractivity contribution in [3.63, 3.8) is 0 Å². The summed E-state index contributed by atoms with van der Waals surface area (Å²) < 4.78 is 15.1. The van der Waals surface area contributed by atoms with Crippen molar-refractivity contribution in [3.8, 4) is 39.4 Å². The van der Waals surface area contributed by atoms with E-state index in [4.69, 9.17) is 24.2 Å². The number of rotatable bonds is 13. The quantitative estimate of drug-likeness (QED) is 0.0765. The molecule has 5 N–H and O–H groups in total.